The number of aromatic nitrogens is 2. The van der Waals surface area contributed by atoms with Gasteiger partial charge in [-0.05, 0) is 23.8 Å². The quantitative estimate of drug-likeness (QED) is 0.938. The molecule has 0 aliphatic carbocycles. The van der Waals surface area contributed by atoms with Gasteiger partial charge in [-0.2, -0.15) is 0 Å². The van der Waals surface area contributed by atoms with Gasteiger partial charge in [0.2, 0.25) is 0 Å². The summed E-state index contributed by atoms with van der Waals surface area (Å²) in [5, 5.41) is 0. The number of hydrogen-bond donors (Lipinski definition) is 1. The van der Waals surface area contributed by atoms with E-state index in [9.17, 15) is 9.18 Å². The Hall–Kier alpha value is -2.01. The molecule has 1 amide bonds. The Morgan fingerprint density at radius 3 is 2.47 bits per heavy atom. The summed E-state index contributed by atoms with van der Waals surface area (Å²) < 4.78 is 12.8. The number of nitrogens with two attached hydrogens (primary N) is 1. The summed E-state index contributed by atoms with van der Waals surface area (Å²) in [6.45, 7) is 1.88. The molecule has 4 nitrogen and oxygen atoms in total. The van der Waals surface area contributed by atoms with Gasteiger partial charge in [0, 0.05) is 12.1 Å². The van der Waals surface area contributed by atoms with Crippen LogP contribution < -0.4 is 5.73 Å². The second-order valence-electron chi connectivity index (χ2n) is 3.94. The molecule has 2 rings (SSSR count). The number of hydrogen-bond acceptors (Lipinski definition) is 3. The molecular formula is C13H13ClFN3O. The van der Waals surface area contributed by atoms with Gasteiger partial charge in [-0.1, -0.05) is 19.1 Å². The number of halogens is 2. The van der Waals surface area contributed by atoms with Crippen LogP contribution in [0, 0.1) is 5.82 Å². The molecule has 0 aliphatic rings. The van der Waals surface area contributed by atoms with Gasteiger partial charge in [0.1, 0.15) is 17.3 Å². The maximum atomic E-state index is 12.8. The second-order valence-corrected chi connectivity index (χ2v) is 3.94. The fraction of sp³-hybridized carbons (Fsp3) is 0.154. The van der Waals surface area contributed by atoms with Crippen LogP contribution in [0.15, 0.2) is 36.5 Å². The lowest BCUT2D eigenvalue weighted by Gasteiger charge is -2.10. The molecule has 1 atom stereocenters. The summed E-state index contributed by atoms with van der Waals surface area (Å²) in [7, 11) is 0. The Bertz CT molecular complexity index is 574. The standard InChI is InChI=1S/C13H12FN3O.ClH/c1-8(9-2-4-10(14)5-3-9)13-16-7-6-11(17-13)12(15)18;/h2-8H,1H3,(H2,15,18);1H/t8-;/m0./s1. The average Bonchev–Trinajstić information content (AvgIpc) is 2.39. The Morgan fingerprint density at radius 2 is 1.89 bits per heavy atom. The third-order valence-corrected chi connectivity index (χ3v) is 2.68. The minimum atomic E-state index is -0.593. The Labute approximate surface area is 116 Å². The van der Waals surface area contributed by atoms with Crippen LogP contribution in [-0.4, -0.2) is 15.9 Å². The highest BCUT2D eigenvalue weighted by atomic mass is 35.5. The lowest BCUT2D eigenvalue weighted by atomic mass is 10.0. The van der Waals surface area contributed by atoms with Crippen molar-refractivity contribution in [2.24, 2.45) is 5.73 Å². The number of rotatable bonds is 3. The highest BCUT2D eigenvalue weighted by molar-refractivity contribution is 5.90. The summed E-state index contributed by atoms with van der Waals surface area (Å²) >= 11 is 0. The number of primary amides is 1. The van der Waals surface area contributed by atoms with Crippen LogP contribution in [-0.2, 0) is 0 Å². The zero-order chi connectivity index (χ0) is 13.1. The van der Waals surface area contributed by atoms with Crippen molar-refractivity contribution in [1.82, 2.24) is 9.97 Å². The summed E-state index contributed by atoms with van der Waals surface area (Å²) in [5.41, 5.74) is 6.21. The Morgan fingerprint density at radius 1 is 1.26 bits per heavy atom. The van der Waals surface area contributed by atoms with Crippen molar-refractivity contribution in [2.45, 2.75) is 12.8 Å². The van der Waals surface area contributed by atoms with E-state index in [0.717, 1.165) is 5.56 Å². The maximum Gasteiger partial charge on any atom is 0.267 e. The van der Waals surface area contributed by atoms with Crippen LogP contribution in [0.25, 0.3) is 0 Å². The number of carbonyl (C=O) groups excluding carboxylic acids is 1. The molecule has 6 heteroatoms. The molecule has 1 aromatic carbocycles. The van der Waals surface area contributed by atoms with Crippen LogP contribution in [0.3, 0.4) is 0 Å². The molecule has 0 aliphatic heterocycles. The number of carbonyl (C=O) groups is 1. The molecule has 0 fully saturated rings. The predicted molar refractivity (Wildman–Crippen MR) is 71.7 cm³/mol. The maximum absolute atomic E-state index is 12.8. The highest BCUT2D eigenvalue weighted by Gasteiger charge is 2.13. The van der Waals surface area contributed by atoms with Gasteiger partial charge in [-0.15, -0.1) is 12.4 Å². The molecule has 2 N–H and O–H groups in total. The molecule has 1 aromatic heterocycles. The molecule has 2 aromatic rings. The van der Waals surface area contributed by atoms with Crippen molar-refractivity contribution >= 4 is 18.3 Å². The van der Waals surface area contributed by atoms with Gasteiger partial charge in [-0.25, -0.2) is 14.4 Å². The Balaban J connectivity index is 0.00000180. The third-order valence-electron chi connectivity index (χ3n) is 2.68. The van der Waals surface area contributed by atoms with E-state index in [2.05, 4.69) is 9.97 Å². The predicted octanol–water partition coefficient (Wildman–Crippen LogP) is 2.29. The number of nitrogens with zero attached hydrogens (tertiary/aromatic N) is 2. The van der Waals surface area contributed by atoms with E-state index in [4.69, 9.17) is 5.73 Å². The summed E-state index contributed by atoms with van der Waals surface area (Å²) in [4.78, 5) is 19.2. The summed E-state index contributed by atoms with van der Waals surface area (Å²) in [6, 6.07) is 7.55. The molecule has 0 radical (unpaired) electrons. The topological polar surface area (TPSA) is 68.9 Å². The largest absolute Gasteiger partial charge is 0.364 e. The van der Waals surface area contributed by atoms with Crippen LogP contribution in [0.4, 0.5) is 4.39 Å². The molecular weight excluding hydrogens is 269 g/mol. The number of amides is 1. The first kappa shape index (κ1) is 15.0. The van der Waals surface area contributed by atoms with Gasteiger partial charge < -0.3 is 5.73 Å². The van der Waals surface area contributed by atoms with E-state index in [1.165, 1.54) is 24.4 Å². The van der Waals surface area contributed by atoms with Gasteiger partial charge in [0.05, 0.1) is 0 Å². The minimum Gasteiger partial charge on any atom is -0.364 e. The highest BCUT2D eigenvalue weighted by Crippen LogP contribution is 2.21. The lowest BCUT2D eigenvalue weighted by Crippen LogP contribution is -2.15. The van der Waals surface area contributed by atoms with Crippen molar-refractivity contribution < 1.29 is 9.18 Å². The first-order chi connectivity index (χ1) is 8.58. The normalized spacial score (nSPS) is 11.5. The van der Waals surface area contributed by atoms with Crippen LogP contribution in [0.5, 0.6) is 0 Å². The summed E-state index contributed by atoms with van der Waals surface area (Å²) in [5.74, 6) is -0.537. The van der Waals surface area contributed by atoms with E-state index in [1.807, 2.05) is 6.92 Å². The summed E-state index contributed by atoms with van der Waals surface area (Å²) in [6.07, 6.45) is 1.49. The van der Waals surface area contributed by atoms with Crippen molar-refractivity contribution in [2.75, 3.05) is 0 Å². The van der Waals surface area contributed by atoms with E-state index in [1.54, 1.807) is 12.1 Å². The van der Waals surface area contributed by atoms with E-state index < -0.39 is 5.91 Å². The first-order valence-electron chi connectivity index (χ1n) is 5.46. The van der Waals surface area contributed by atoms with Crippen molar-refractivity contribution in [1.29, 1.82) is 0 Å². The van der Waals surface area contributed by atoms with Gasteiger partial charge in [0.15, 0.2) is 0 Å². The lowest BCUT2D eigenvalue weighted by molar-refractivity contribution is 0.0995. The van der Waals surface area contributed by atoms with Gasteiger partial charge >= 0.3 is 0 Å². The van der Waals surface area contributed by atoms with Crippen LogP contribution >= 0.6 is 12.4 Å². The third kappa shape index (κ3) is 3.48. The molecule has 100 valence electrons. The first-order valence-corrected chi connectivity index (χ1v) is 5.46. The average molecular weight is 282 g/mol. The van der Waals surface area contributed by atoms with Gasteiger partial charge in [-0.3, -0.25) is 4.79 Å². The smallest absolute Gasteiger partial charge is 0.267 e. The van der Waals surface area contributed by atoms with Crippen molar-refractivity contribution in [3.05, 3.63) is 59.4 Å². The molecule has 0 saturated carbocycles. The zero-order valence-electron chi connectivity index (χ0n) is 10.2. The Kier molecular flexibility index (Phi) is 4.94. The fourth-order valence-corrected chi connectivity index (χ4v) is 1.62. The number of benzene rings is 1. The van der Waals surface area contributed by atoms with Crippen molar-refractivity contribution in [3.63, 3.8) is 0 Å². The van der Waals surface area contributed by atoms with Crippen LogP contribution in [0.2, 0.25) is 0 Å². The van der Waals surface area contributed by atoms with Crippen LogP contribution in [0.1, 0.15) is 34.7 Å². The van der Waals surface area contributed by atoms with Crippen molar-refractivity contribution in [3.8, 4) is 0 Å². The van der Waals surface area contributed by atoms with Gasteiger partial charge in [0.25, 0.3) is 5.91 Å². The van der Waals surface area contributed by atoms with E-state index in [-0.39, 0.29) is 29.8 Å². The molecule has 19 heavy (non-hydrogen) atoms. The molecule has 0 saturated heterocycles. The fourth-order valence-electron chi connectivity index (χ4n) is 1.62. The molecule has 0 unspecified atom stereocenters. The second kappa shape index (κ2) is 6.24. The monoisotopic (exact) mass is 281 g/mol. The van der Waals surface area contributed by atoms with E-state index >= 15 is 0 Å². The minimum absolute atomic E-state index is 0. The molecule has 0 spiro atoms. The SMILES string of the molecule is C[C@@H](c1ccc(F)cc1)c1nccc(C(N)=O)n1.Cl. The van der Waals surface area contributed by atoms with E-state index in [0.29, 0.717) is 5.82 Å². The molecule has 1 heterocycles. The molecule has 0 bridgehead atoms. The zero-order valence-corrected chi connectivity index (χ0v) is 11.0.